The van der Waals surface area contributed by atoms with Crippen LogP contribution in [0.3, 0.4) is 0 Å². The van der Waals surface area contributed by atoms with Gasteiger partial charge in [0.2, 0.25) is 18.2 Å². The quantitative estimate of drug-likeness (QED) is 0.155. The molecule has 13 nitrogen and oxygen atoms in total. The van der Waals surface area contributed by atoms with E-state index in [1.54, 1.807) is 7.05 Å². The van der Waals surface area contributed by atoms with Crippen LogP contribution in [0.1, 0.15) is 115 Å². The number of nitrogens with two attached hydrogens (primary N) is 1. The summed E-state index contributed by atoms with van der Waals surface area (Å²) in [6.07, 6.45) is 4.62. The fraction of sp³-hybridized carbons (Fsp3) is 0.824. The highest BCUT2D eigenvalue weighted by molar-refractivity contribution is 5.95. The second-order valence-electron chi connectivity index (χ2n) is 15.4. The van der Waals surface area contributed by atoms with E-state index in [-0.39, 0.29) is 42.7 Å². The molecule has 1 heterocycles. The van der Waals surface area contributed by atoms with Gasteiger partial charge in [-0.25, -0.2) is 9.59 Å². The van der Waals surface area contributed by atoms with E-state index in [9.17, 15) is 24.0 Å². The molecular weight excluding hydrogens is 604 g/mol. The fourth-order valence-corrected chi connectivity index (χ4v) is 4.70. The molecule has 0 bridgehead atoms. The number of ether oxygens (including phenoxy) is 1. The summed E-state index contributed by atoms with van der Waals surface area (Å²) in [5.41, 5.74) is 3.97. The van der Waals surface area contributed by atoms with Gasteiger partial charge in [0.15, 0.2) is 5.78 Å². The smallest absolute Gasteiger partial charge is 0.328 e. The minimum atomic E-state index is -0.970. The molecule has 2 fully saturated rings. The van der Waals surface area contributed by atoms with Crippen molar-refractivity contribution in [2.45, 2.75) is 151 Å². The number of carbonyl (C=O) groups excluding carboxylic acids is 6. The van der Waals surface area contributed by atoms with E-state index in [2.05, 4.69) is 54.7 Å². The molecule has 6 N–H and O–H groups in total. The number of nitrogens with one attached hydrogen (secondary N) is 4. The van der Waals surface area contributed by atoms with E-state index in [0.29, 0.717) is 18.3 Å². The Kier molecular flexibility index (Phi) is 18.8. The highest BCUT2D eigenvalue weighted by Crippen LogP contribution is 2.27. The molecule has 2 rings (SSSR count). The zero-order valence-corrected chi connectivity index (χ0v) is 31.0. The van der Waals surface area contributed by atoms with Gasteiger partial charge in [0, 0.05) is 12.6 Å². The Morgan fingerprint density at radius 1 is 0.979 bits per heavy atom. The monoisotopic (exact) mass is 668 g/mol. The van der Waals surface area contributed by atoms with Gasteiger partial charge in [0.1, 0.15) is 24.2 Å². The molecule has 47 heavy (non-hydrogen) atoms. The van der Waals surface area contributed by atoms with Crippen LogP contribution in [-0.2, 0) is 28.7 Å². The summed E-state index contributed by atoms with van der Waals surface area (Å²) in [5, 5.41) is 11.3. The Balaban J connectivity index is 0.00000236. The van der Waals surface area contributed by atoms with Crippen molar-refractivity contribution in [2.24, 2.45) is 22.5 Å². The van der Waals surface area contributed by atoms with Gasteiger partial charge in [0.25, 0.3) is 0 Å². The summed E-state index contributed by atoms with van der Waals surface area (Å²) in [5.74, 6) is -1.16. The molecule has 5 amide bonds. The molecule has 0 spiro atoms. The van der Waals surface area contributed by atoms with Crippen molar-refractivity contribution in [1.29, 1.82) is 0 Å². The van der Waals surface area contributed by atoms with E-state index < -0.39 is 47.5 Å². The first-order valence-corrected chi connectivity index (χ1v) is 16.8. The Labute approximate surface area is 282 Å². The van der Waals surface area contributed by atoms with E-state index in [1.807, 2.05) is 34.6 Å². The predicted molar refractivity (Wildman–Crippen MR) is 183 cm³/mol. The van der Waals surface area contributed by atoms with Crippen LogP contribution < -0.4 is 27.0 Å². The number of likely N-dealkylation sites (N-methyl/N-ethyl adjacent to an activating group) is 1. The summed E-state index contributed by atoms with van der Waals surface area (Å²) in [6.45, 7) is 21.6. The lowest BCUT2D eigenvalue weighted by Gasteiger charge is -2.36. The summed E-state index contributed by atoms with van der Waals surface area (Å²) in [4.78, 5) is 74.8. The van der Waals surface area contributed by atoms with Crippen molar-refractivity contribution in [3.8, 4) is 0 Å². The maximum atomic E-state index is 13.9. The Morgan fingerprint density at radius 2 is 1.51 bits per heavy atom. The molecule has 2 aliphatic rings. The van der Waals surface area contributed by atoms with Crippen LogP contribution in [-0.4, -0.2) is 90.8 Å². The average Bonchev–Trinajstić information content (AvgIpc) is 3.36. The third kappa shape index (κ3) is 17.0. The van der Waals surface area contributed by atoms with Crippen molar-refractivity contribution >= 4 is 36.0 Å². The normalized spacial score (nSPS) is 20.3. The standard InChI is InChI=1S/C28H49N5O6.C5H12.CH3NO/c1-9-16(2)13-21(18(4)34)31-24(35)22-14-19(29-8)15-33(22)25(36)23(28(5,6)7)32-27(38)30-17(3)26(37)39-20-11-10-12-20;1-5(2,3)4;2-1-3/h16-17,19-23,29H,9-15H2,1-8H3,(H,31,35)(H2,30,32,38);1-4H3;1H,(H2,2,3). The molecule has 6 atom stereocenters. The number of esters is 1. The number of likely N-dealkylation sites (tertiary alicyclic amines) is 1. The van der Waals surface area contributed by atoms with Crippen molar-refractivity contribution in [1.82, 2.24) is 26.2 Å². The summed E-state index contributed by atoms with van der Waals surface area (Å²) in [7, 11) is 1.77. The van der Waals surface area contributed by atoms with E-state index in [4.69, 9.17) is 9.53 Å². The number of ketones is 1. The van der Waals surface area contributed by atoms with Gasteiger partial charge in [-0.05, 0) is 69.7 Å². The lowest BCUT2D eigenvalue weighted by atomic mass is 9.85. The van der Waals surface area contributed by atoms with Gasteiger partial charge in [0.05, 0.1) is 6.04 Å². The molecule has 1 aliphatic carbocycles. The molecular formula is C34H64N6O7. The molecule has 13 heteroatoms. The number of nitrogens with zero attached hydrogens (tertiary/aromatic N) is 1. The second kappa shape index (κ2) is 20.2. The lowest BCUT2D eigenvalue weighted by Crippen LogP contribution is -2.60. The van der Waals surface area contributed by atoms with Gasteiger partial charge in [-0.3, -0.25) is 19.2 Å². The summed E-state index contributed by atoms with van der Waals surface area (Å²) >= 11 is 0. The first-order valence-electron chi connectivity index (χ1n) is 16.8. The Hall–Kier alpha value is -3.22. The summed E-state index contributed by atoms with van der Waals surface area (Å²) in [6, 6.07) is -4.06. The molecule has 0 aromatic rings. The number of Topliss-reactive ketones (excluding diaryl/α,β-unsaturated/α-hetero) is 1. The molecule has 272 valence electrons. The molecule has 1 saturated heterocycles. The number of carbonyl (C=O) groups is 6. The zero-order chi connectivity index (χ0) is 36.7. The van der Waals surface area contributed by atoms with E-state index in [0.717, 1.165) is 25.7 Å². The molecule has 6 unspecified atom stereocenters. The number of hydrogen-bond acceptors (Lipinski definition) is 8. The van der Waals surface area contributed by atoms with E-state index >= 15 is 0 Å². The fourth-order valence-electron chi connectivity index (χ4n) is 4.70. The minimum absolute atomic E-state index is 0.0973. The highest BCUT2D eigenvalue weighted by Gasteiger charge is 2.45. The Bertz CT molecular complexity index is 1030. The third-order valence-corrected chi connectivity index (χ3v) is 7.86. The number of amides is 5. The van der Waals surface area contributed by atoms with Crippen LogP contribution in [0.15, 0.2) is 0 Å². The average molecular weight is 669 g/mol. The van der Waals surface area contributed by atoms with Crippen molar-refractivity contribution in [3.63, 3.8) is 0 Å². The zero-order valence-electron chi connectivity index (χ0n) is 31.0. The van der Waals surface area contributed by atoms with E-state index in [1.165, 1.54) is 18.7 Å². The van der Waals surface area contributed by atoms with Gasteiger partial charge >= 0.3 is 12.0 Å². The second-order valence-corrected chi connectivity index (χ2v) is 15.4. The molecule has 1 aliphatic heterocycles. The minimum Gasteiger partial charge on any atom is -0.461 e. The van der Waals surface area contributed by atoms with Crippen LogP contribution in [0, 0.1) is 16.7 Å². The maximum Gasteiger partial charge on any atom is 0.328 e. The number of primary amides is 1. The van der Waals surface area contributed by atoms with Crippen LogP contribution in [0.2, 0.25) is 0 Å². The van der Waals surface area contributed by atoms with Crippen LogP contribution in [0.4, 0.5) is 4.79 Å². The number of hydrogen-bond donors (Lipinski definition) is 5. The van der Waals surface area contributed by atoms with Crippen LogP contribution in [0.5, 0.6) is 0 Å². The van der Waals surface area contributed by atoms with Gasteiger partial charge < -0.3 is 36.6 Å². The maximum absolute atomic E-state index is 13.9. The third-order valence-electron chi connectivity index (χ3n) is 7.86. The largest absolute Gasteiger partial charge is 0.461 e. The van der Waals surface area contributed by atoms with Crippen molar-refractivity contribution < 1.29 is 33.5 Å². The van der Waals surface area contributed by atoms with Gasteiger partial charge in [-0.1, -0.05) is 68.7 Å². The SMILES string of the molecule is CC(C)(C)C.CCC(C)CC(NC(=O)C1CC(NC)CN1C(=O)C(NC(=O)NC(C)C(=O)OC1CCC1)C(C)(C)C)C(C)=O.NC=O. The first-order chi connectivity index (χ1) is 21.6. The molecule has 0 aromatic carbocycles. The number of rotatable bonds is 12. The van der Waals surface area contributed by atoms with Crippen LogP contribution >= 0.6 is 0 Å². The molecule has 1 saturated carbocycles. The lowest BCUT2D eigenvalue weighted by molar-refractivity contribution is -0.154. The van der Waals surface area contributed by atoms with Crippen molar-refractivity contribution in [3.05, 3.63) is 0 Å². The molecule has 0 aromatic heterocycles. The number of urea groups is 1. The first kappa shape index (κ1) is 43.8. The van der Waals surface area contributed by atoms with Crippen molar-refractivity contribution in [2.75, 3.05) is 13.6 Å². The predicted octanol–water partition coefficient (Wildman–Crippen LogP) is 3.04. The van der Waals surface area contributed by atoms with Gasteiger partial charge in [-0.15, -0.1) is 0 Å². The highest BCUT2D eigenvalue weighted by atomic mass is 16.5. The summed E-state index contributed by atoms with van der Waals surface area (Å²) < 4.78 is 5.36. The molecule has 0 radical (unpaired) electrons. The van der Waals surface area contributed by atoms with Gasteiger partial charge in [-0.2, -0.15) is 0 Å². The van der Waals surface area contributed by atoms with Crippen LogP contribution in [0.25, 0.3) is 0 Å². The Morgan fingerprint density at radius 3 is 1.91 bits per heavy atom. The topological polar surface area (TPSA) is 189 Å².